The lowest BCUT2D eigenvalue weighted by molar-refractivity contribution is 0.706. The van der Waals surface area contributed by atoms with E-state index in [2.05, 4.69) is 89.9 Å². The molecular formula is C24H21N3. The summed E-state index contributed by atoms with van der Waals surface area (Å²) in [5, 5.41) is 2.48. The largest absolute Gasteiger partial charge is 0.399 e. The van der Waals surface area contributed by atoms with Crippen LogP contribution in [0.1, 0.15) is 23.6 Å². The standard InChI is InChI=1S/C24H21N3/c1-24(16-10-12-17(25)13-11-16,20-14-26-22-8-4-2-6-18(20)22)21-15-27-23-9-5-3-7-19(21)23/h2-15,26-27H,25H2,1H3. The molecule has 0 saturated heterocycles. The van der Waals surface area contributed by atoms with Gasteiger partial charge in [0.1, 0.15) is 0 Å². The maximum atomic E-state index is 5.98. The lowest BCUT2D eigenvalue weighted by Crippen LogP contribution is -2.24. The Bertz CT molecular complexity index is 1170. The van der Waals surface area contributed by atoms with Crippen LogP contribution in [0.15, 0.2) is 85.2 Å². The van der Waals surface area contributed by atoms with Gasteiger partial charge in [0.05, 0.1) is 0 Å². The number of H-pyrrole nitrogens is 2. The van der Waals surface area contributed by atoms with Crippen LogP contribution < -0.4 is 5.73 Å². The van der Waals surface area contributed by atoms with Crippen LogP contribution in [0.25, 0.3) is 21.8 Å². The van der Waals surface area contributed by atoms with Crippen molar-refractivity contribution >= 4 is 27.5 Å². The second-order valence-electron chi connectivity index (χ2n) is 7.24. The van der Waals surface area contributed by atoms with Gasteiger partial charge in [-0.15, -0.1) is 0 Å². The van der Waals surface area contributed by atoms with Gasteiger partial charge in [0.15, 0.2) is 0 Å². The Balaban J connectivity index is 1.87. The summed E-state index contributed by atoms with van der Waals surface area (Å²) < 4.78 is 0. The molecule has 5 aromatic rings. The molecule has 0 atom stereocenters. The second kappa shape index (κ2) is 5.78. The topological polar surface area (TPSA) is 57.6 Å². The van der Waals surface area contributed by atoms with Crippen LogP contribution in [-0.4, -0.2) is 9.97 Å². The molecule has 0 fully saturated rings. The van der Waals surface area contributed by atoms with Crippen LogP contribution >= 0.6 is 0 Å². The summed E-state index contributed by atoms with van der Waals surface area (Å²) >= 11 is 0. The maximum absolute atomic E-state index is 5.98. The lowest BCUT2D eigenvalue weighted by atomic mass is 9.71. The van der Waals surface area contributed by atoms with E-state index in [9.17, 15) is 0 Å². The lowest BCUT2D eigenvalue weighted by Gasteiger charge is -2.31. The third kappa shape index (κ3) is 2.28. The van der Waals surface area contributed by atoms with Gasteiger partial charge in [0.2, 0.25) is 0 Å². The minimum atomic E-state index is -0.326. The zero-order valence-corrected chi connectivity index (χ0v) is 15.2. The molecule has 0 radical (unpaired) electrons. The number of hydrogen-bond donors (Lipinski definition) is 3. The minimum absolute atomic E-state index is 0.326. The number of hydrogen-bond acceptors (Lipinski definition) is 1. The van der Waals surface area contributed by atoms with Gasteiger partial charge in [-0.3, -0.25) is 0 Å². The van der Waals surface area contributed by atoms with Crippen LogP contribution in [0.3, 0.4) is 0 Å². The third-order valence-electron chi connectivity index (χ3n) is 5.74. The molecule has 0 saturated carbocycles. The summed E-state index contributed by atoms with van der Waals surface area (Å²) in [6, 6.07) is 25.2. The molecule has 3 heteroatoms. The molecule has 5 rings (SSSR count). The van der Waals surface area contributed by atoms with Gasteiger partial charge in [-0.2, -0.15) is 0 Å². The van der Waals surface area contributed by atoms with Crippen LogP contribution in [0.4, 0.5) is 5.69 Å². The zero-order valence-electron chi connectivity index (χ0n) is 15.2. The van der Waals surface area contributed by atoms with Crippen molar-refractivity contribution in [3.05, 3.63) is 102 Å². The highest BCUT2D eigenvalue weighted by atomic mass is 14.7. The zero-order chi connectivity index (χ0) is 18.4. The molecule has 0 aliphatic carbocycles. The molecule has 2 aromatic heterocycles. The minimum Gasteiger partial charge on any atom is -0.399 e. The van der Waals surface area contributed by atoms with Crippen molar-refractivity contribution in [3.8, 4) is 0 Å². The number of nitrogens with two attached hydrogens (primary N) is 1. The fourth-order valence-electron chi connectivity index (χ4n) is 4.24. The summed E-state index contributed by atoms with van der Waals surface area (Å²) in [6.07, 6.45) is 4.28. The first-order valence-corrected chi connectivity index (χ1v) is 9.17. The van der Waals surface area contributed by atoms with Crippen molar-refractivity contribution in [1.82, 2.24) is 9.97 Å². The molecule has 0 unspecified atom stereocenters. The Morgan fingerprint density at radius 2 is 1.15 bits per heavy atom. The van der Waals surface area contributed by atoms with E-state index in [-0.39, 0.29) is 5.41 Å². The highest BCUT2D eigenvalue weighted by Crippen LogP contribution is 2.44. The number of aromatic nitrogens is 2. The summed E-state index contributed by atoms with van der Waals surface area (Å²) in [4.78, 5) is 6.90. The molecular weight excluding hydrogens is 330 g/mol. The first-order chi connectivity index (χ1) is 13.2. The molecule has 2 heterocycles. The van der Waals surface area contributed by atoms with Crippen LogP contribution in [0, 0.1) is 0 Å². The summed E-state index contributed by atoms with van der Waals surface area (Å²) in [5.41, 5.74) is 12.4. The Morgan fingerprint density at radius 3 is 1.67 bits per heavy atom. The van der Waals surface area contributed by atoms with Gasteiger partial charge in [0.25, 0.3) is 0 Å². The van der Waals surface area contributed by atoms with Gasteiger partial charge >= 0.3 is 0 Å². The molecule has 132 valence electrons. The van der Waals surface area contributed by atoms with Crippen molar-refractivity contribution in [1.29, 1.82) is 0 Å². The van der Waals surface area contributed by atoms with Gasteiger partial charge in [-0.05, 0) is 47.9 Å². The van der Waals surface area contributed by atoms with Gasteiger partial charge in [-0.1, -0.05) is 48.5 Å². The van der Waals surface area contributed by atoms with E-state index >= 15 is 0 Å². The second-order valence-corrected chi connectivity index (χ2v) is 7.24. The molecule has 0 spiro atoms. The molecule has 0 amide bonds. The number of rotatable bonds is 3. The molecule has 27 heavy (non-hydrogen) atoms. The maximum Gasteiger partial charge on any atom is 0.0465 e. The number of fused-ring (bicyclic) bond motifs is 2. The fraction of sp³-hybridized carbons (Fsp3) is 0.0833. The fourth-order valence-corrected chi connectivity index (χ4v) is 4.24. The molecule has 0 aliphatic heterocycles. The van der Waals surface area contributed by atoms with Gasteiger partial charge in [0, 0.05) is 45.3 Å². The highest BCUT2D eigenvalue weighted by Gasteiger charge is 2.35. The highest BCUT2D eigenvalue weighted by molar-refractivity contribution is 5.90. The predicted octanol–water partition coefficient (Wildman–Crippen LogP) is 5.59. The number of aromatic amines is 2. The van der Waals surface area contributed by atoms with Crippen LogP contribution in [0.5, 0.6) is 0 Å². The molecule has 3 nitrogen and oxygen atoms in total. The number of nitrogens with one attached hydrogen (secondary N) is 2. The van der Waals surface area contributed by atoms with E-state index in [1.54, 1.807) is 0 Å². The SMILES string of the molecule is CC(c1ccc(N)cc1)(c1c[nH]c2ccccc12)c1c[nH]c2ccccc12. The van der Waals surface area contributed by atoms with E-state index in [4.69, 9.17) is 5.73 Å². The van der Waals surface area contributed by atoms with Crippen molar-refractivity contribution in [2.24, 2.45) is 0 Å². The van der Waals surface area contributed by atoms with Crippen molar-refractivity contribution in [2.45, 2.75) is 12.3 Å². The quantitative estimate of drug-likeness (QED) is 0.365. The molecule has 3 aromatic carbocycles. The molecule has 0 aliphatic rings. The monoisotopic (exact) mass is 351 g/mol. The number of nitrogen functional groups attached to an aromatic ring is 1. The van der Waals surface area contributed by atoms with E-state index in [1.807, 2.05) is 12.1 Å². The summed E-state index contributed by atoms with van der Waals surface area (Å²) in [7, 11) is 0. The first-order valence-electron chi connectivity index (χ1n) is 9.17. The molecule has 4 N–H and O–H groups in total. The first kappa shape index (κ1) is 15.8. The van der Waals surface area contributed by atoms with Crippen LogP contribution in [0.2, 0.25) is 0 Å². The van der Waals surface area contributed by atoms with Crippen molar-refractivity contribution < 1.29 is 0 Å². The Morgan fingerprint density at radius 1 is 0.667 bits per heavy atom. The smallest absolute Gasteiger partial charge is 0.0465 e. The number of anilines is 1. The average molecular weight is 351 g/mol. The van der Waals surface area contributed by atoms with Gasteiger partial charge < -0.3 is 15.7 Å². The Kier molecular flexibility index (Phi) is 3.37. The normalized spacial score (nSPS) is 12.0. The summed E-state index contributed by atoms with van der Waals surface area (Å²) in [5.74, 6) is 0. The number of benzene rings is 3. The van der Waals surface area contributed by atoms with Gasteiger partial charge in [-0.25, -0.2) is 0 Å². The Hall–Kier alpha value is -3.46. The molecule has 0 bridgehead atoms. The number of para-hydroxylation sites is 2. The van der Waals surface area contributed by atoms with E-state index in [0.29, 0.717) is 0 Å². The van der Waals surface area contributed by atoms with Crippen molar-refractivity contribution in [2.75, 3.05) is 5.73 Å². The van der Waals surface area contributed by atoms with Crippen molar-refractivity contribution in [3.63, 3.8) is 0 Å². The predicted molar refractivity (Wildman–Crippen MR) is 113 cm³/mol. The van der Waals surface area contributed by atoms with E-state index in [1.165, 1.54) is 27.5 Å². The Labute approximate surface area is 157 Å². The average Bonchev–Trinajstić information content (AvgIpc) is 3.33. The summed E-state index contributed by atoms with van der Waals surface area (Å²) in [6.45, 7) is 2.30. The van der Waals surface area contributed by atoms with Crippen LogP contribution in [-0.2, 0) is 5.41 Å². The third-order valence-corrected chi connectivity index (χ3v) is 5.74. The van der Waals surface area contributed by atoms with E-state index in [0.717, 1.165) is 16.7 Å². The van der Waals surface area contributed by atoms with E-state index < -0.39 is 0 Å².